The summed E-state index contributed by atoms with van der Waals surface area (Å²) in [5, 5.41) is 2.85. The molecule has 106 valence electrons. The van der Waals surface area contributed by atoms with E-state index in [-0.39, 0.29) is 18.4 Å². The summed E-state index contributed by atoms with van der Waals surface area (Å²) in [4.78, 5) is 26.2. The molecule has 1 aliphatic heterocycles. The van der Waals surface area contributed by atoms with Crippen LogP contribution in [0.15, 0.2) is 0 Å². The maximum Gasteiger partial charge on any atom is 0.248 e. The Hall–Kier alpha value is -1.06. The Balaban J connectivity index is 1.69. The summed E-state index contributed by atoms with van der Waals surface area (Å²) in [7, 11) is 0. The minimum absolute atomic E-state index is 0.00731. The van der Waals surface area contributed by atoms with E-state index < -0.39 is 5.54 Å². The van der Waals surface area contributed by atoms with Crippen molar-refractivity contribution in [2.45, 2.75) is 51.5 Å². The van der Waals surface area contributed by atoms with Gasteiger partial charge in [-0.3, -0.25) is 9.59 Å². The molecule has 2 saturated carbocycles. The first-order valence-electron chi connectivity index (χ1n) is 7.62. The number of hydrogen-bond donors (Lipinski definition) is 1. The number of rotatable bonds is 3. The summed E-state index contributed by atoms with van der Waals surface area (Å²) in [5.74, 6) is 2.43. The fourth-order valence-corrected chi connectivity index (χ4v) is 4.27. The summed E-state index contributed by atoms with van der Waals surface area (Å²) in [6, 6.07) is 0. The molecule has 0 spiro atoms. The van der Waals surface area contributed by atoms with Gasteiger partial charge in [-0.05, 0) is 50.4 Å². The molecule has 2 bridgehead atoms. The van der Waals surface area contributed by atoms with Crippen molar-refractivity contribution in [3.63, 3.8) is 0 Å². The number of piperazine rings is 1. The molecule has 3 rings (SSSR count). The topological polar surface area (TPSA) is 49.4 Å². The zero-order valence-electron chi connectivity index (χ0n) is 11.9. The summed E-state index contributed by atoms with van der Waals surface area (Å²) in [5.41, 5.74) is -0.688. The van der Waals surface area contributed by atoms with E-state index in [4.69, 9.17) is 0 Å². The molecular weight excluding hydrogens is 240 g/mol. The van der Waals surface area contributed by atoms with Crippen molar-refractivity contribution in [1.82, 2.24) is 10.2 Å². The van der Waals surface area contributed by atoms with E-state index in [0.717, 1.165) is 18.4 Å². The van der Waals surface area contributed by atoms with E-state index in [1.165, 1.54) is 25.7 Å². The maximum atomic E-state index is 12.5. The monoisotopic (exact) mass is 264 g/mol. The second-order valence-corrected chi connectivity index (χ2v) is 6.85. The van der Waals surface area contributed by atoms with Crippen LogP contribution in [0.25, 0.3) is 0 Å². The fourth-order valence-electron chi connectivity index (χ4n) is 4.27. The van der Waals surface area contributed by atoms with E-state index in [1.54, 1.807) is 0 Å². The number of nitrogens with zero attached hydrogens (tertiary/aromatic N) is 1. The van der Waals surface area contributed by atoms with Crippen molar-refractivity contribution in [3.05, 3.63) is 0 Å². The van der Waals surface area contributed by atoms with E-state index in [0.29, 0.717) is 12.3 Å². The molecule has 3 fully saturated rings. The second kappa shape index (κ2) is 4.50. The third-order valence-electron chi connectivity index (χ3n) is 5.56. The van der Waals surface area contributed by atoms with Gasteiger partial charge in [0, 0.05) is 6.54 Å². The van der Waals surface area contributed by atoms with Gasteiger partial charge in [-0.2, -0.15) is 0 Å². The lowest BCUT2D eigenvalue weighted by Crippen LogP contribution is -2.65. The highest BCUT2D eigenvalue weighted by Gasteiger charge is 2.45. The highest BCUT2D eigenvalue weighted by Crippen LogP contribution is 2.48. The van der Waals surface area contributed by atoms with Crippen LogP contribution in [0.1, 0.15) is 46.0 Å². The van der Waals surface area contributed by atoms with Crippen LogP contribution in [0.5, 0.6) is 0 Å². The van der Waals surface area contributed by atoms with Gasteiger partial charge in [0.1, 0.15) is 5.54 Å². The van der Waals surface area contributed by atoms with Crippen LogP contribution >= 0.6 is 0 Å². The Morgan fingerprint density at radius 1 is 1.32 bits per heavy atom. The molecular formula is C15H24N2O2. The van der Waals surface area contributed by atoms with E-state index in [9.17, 15) is 9.59 Å². The summed E-state index contributed by atoms with van der Waals surface area (Å²) < 4.78 is 0. The predicted molar refractivity (Wildman–Crippen MR) is 72.4 cm³/mol. The standard InChI is InChI=1S/C15H24N2O2/c1-3-15(2)14(19)17(9-13(18)16-15)8-12-7-10-4-5-11(12)6-10/h10-12H,3-9H2,1-2H3,(H,16,18). The van der Waals surface area contributed by atoms with E-state index in [1.807, 2.05) is 18.7 Å². The molecule has 4 atom stereocenters. The second-order valence-electron chi connectivity index (χ2n) is 6.85. The van der Waals surface area contributed by atoms with Crippen LogP contribution in [0.4, 0.5) is 0 Å². The quantitative estimate of drug-likeness (QED) is 0.841. The predicted octanol–water partition coefficient (Wildman–Crippen LogP) is 1.55. The molecule has 19 heavy (non-hydrogen) atoms. The third kappa shape index (κ3) is 2.15. The Kier molecular flexibility index (Phi) is 3.06. The molecule has 4 nitrogen and oxygen atoms in total. The Morgan fingerprint density at radius 3 is 2.68 bits per heavy atom. The van der Waals surface area contributed by atoms with Crippen molar-refractivity contribution >= 4 is 11.8 Å². The van der Waals surface area contributed by atoms with Crippen LogP contribution in [-0.2, 0) is 9.59 Å². The Morgan fingerprint density at radius 2 is 2.11 bits per heavy atom. The smallest absolute Gasteiger partial charge is 0.248 e. The average Bonchev–Trinajstić information content (AvgIpc) is 2.97. The number of amides is 2. The minimum atomic E-state index is -0.688. The van der Waals surface area contributed by atoms with Gasteiger partial charge < -0.3 is 10.2 Å². The molecule has 0 aromatic heterocycles. The van der Waals surface area contributed by atoms with E-state index in [2.05, 4.69) is 5.32 Å². The van der Waals surface area contributed by atoms with Gasteiger partial charge in [0.2, 0.25) is 11.8 Å². The first-order chi connectivity index (χ1) is 9.01. The lowest BCUT2D eigenvalue weighted by atomic mass is 9.87. The van der Waals surface area contributed by atoms with Gasteiger partial charge >= 0.3 is 0 Å². The first kappa shape index (κ1) is 12.9. The van der Waals surface area contributed by atoms with Gasteiger partial charge in [0.25, 0.3) is 0 Å². The van der Waals surface area contributed by atoms with Crippen LogP contribution in [0.3, 0.4) is 0 Å². The summed E-state index contributed by atoms with van der Waals surface area (Å²) >= 11 is 0. The highest BCUT2D eigenvalue weighted by molar-refractivity contribution is 5.97. The van der Waals surface area contributed by atoms with Crippen molar-refractivity contribution in [3.8, 4) is 0 Å². The maximum absolute atomic E-state index is 12.5. The molecule has 0 radical (unpaired) electrons. The van der Waals surface area contributed by atoms with Crippen molar-refractivity contribution in [1.29, 1.82) is 0 Å². The normalized spacial score (nSPS) is 41.8. The van der Waals surface area contributed by atoms with Crippen molar-refractivity contribution in [2.24, 2.45) is 17.8 Å². The molecule has 1 N–H and O–H groups in total. The number of carbonyl (C=O) groups excluding carboxylic acids is 2. The number of hydrogen-bond acceptors (Lipinski definition) is 2. The highest BCUT2D eigenvalue weighted by atomic mass is 16.2. The molecule has 0 aromatic carbocycles. The number of nitrogens with one attached hydrogen (secondary N) is 1. The first-order valence-corrected chi connectivity index (χ1v) is 7.62. The molecule has 4 unspecified atom stereocenters. The lowest BCUT2D eigenvalue weighted by molar-refractivity contribution is -0.150. The zero-order valence-corrected chi connectivity index (χ0v) is 11.9. The molecule has 1 heterocycles. The number of fused-ring (bicyclic) bond motifs is 2. The summed E-state index contributed by atoms with van der Waals surface area (Å²) in [6.45, 7) is 4.85. The average molecular weight is 264 g/mol. The van der Waals surface area contributed by atoms with Crippen LogP contribution in [0.2, 0.25) is 0 Å². The molecule has 3 aliphatic rings. The van der Waals surface area contributed by atoms with Crippen LogP contribution in [-0.4, -0.2) is 35.3 Å². The zero-order chi connectivity index (χ0) is 13.6. The SMILES string of the molecule is CCC1(C)NC(=O)CN(CC2CC3CCC2C3)C1=O. The molecule has 2 aliphatic carbocycles. The van der Waals surface area contributed by atoms with Crippen molar-refractivity contribution < 1.29 is 9.59 Å². The van der Waals surface area contributed by atoms with Gasteiger partial charge in [0.05, 0.1) is 6.54 Å². The molecule has 1 saturated heterocycles. The van der Waals surface area contributed by atoms with Gasteiger partial charge in [-0.25, -0.2) is 0 Å². The van der Waals surface area contributed by atoms with Gasteiger partial charge in [-0.1, -0.05) is 13.3 Å². The van der Waals surface area contributed by atoms with E-state index >= 15 is 0 Å². The van der Waals surface area contributed by atoms with Gasteiger partial charge in [0.15, 0.2) is 0 Å². The van der Waals surface area contributed by atoms with Crippen LogP contribution in [0, 0.1) is 17.8 Å². The largest absolute Gasteiger partial charge is 0.340 e. The number of carbonyl (C=O) groups is 2. The molecule has 2 amide bonds. The van der Waals surface area contributed by atoms with Gasteiger partial charge in [-0.15, -0.1) is 0 Å². The third-order valence-corrected chi connectivity index (χ3v) is 5.56. The summed E-state index contributed by atoms with van der Waals surface area (Å²) in [6.07, 6.45) is 5.98. The fraction of sp³-hybridized carbons (Fsp3) is 0.867. The minimum Gasteiger partial charge on any atom is -0.340 e. The lowest BCUT2D eigenvalue weighted by Gasteiger charge is -2.41. The molecule has 4 heteroatoms. The Bertz CT molecular complexity index is 409. The van der Waals surface area contributed by atoms with Crippen molar-refractivity contribution in [2.75, 3.05) is 13.1 Å². The van der Waals surface area contributed by atoms with Crippen LogP contribution < -0.4 is 5.32 Å². The molecule has 0 aromatic rings. The Labute approximate surface area is 114 Å².